The Morgan fingerprint density at radius 1 is 0.773 bits per heavy atom. The fourth-order valence-electron chi connectivity index (χ4n) is 3.45. The highest BCUT2D eigenvalue weighted by Gasteiger charge is 2.18. The van der Waals surface area contributed by atoms with Crippen LogP contribution in [0.1, 0.15) is 18.4 Å². The van der Waals surface area contributed by atoms with E-state index in [4.69, 9.17) is 0 Å². The fourth-order valence-corrected chi connectivity index (χ4v) is 3.86. The molecule has 2 aliphatic rings. The largest absolute Gasteiger partial charge is 0.302 e. The molecule has 0 bridgehead atoms. The van der Waals surface area contributed by atoms with Crippen LogP contribution in [0.5, 0.6) is 0 Å². The number of thioether (sulfide) groups is 1. The molecular weight excluding hydrogens is 290 g/mol. The van der Waals surface area contributed by atoms with E-state index in [2.05, 4.69) is 45.2 Å². The molecule has 2 fully saturated rings. The van der Waals surface area contributed by atoms with Gasteiger partial charge >= 0.3 is 0 Å². The molecule has 0 radical (unpaired) electrons. The summed E-state index contributed by atoms with van der Waals surface area (Å²) in [5.74, 6) is 0. The maximum atomic E-state index is 2.64. The van der Waals surface area contributed by atoms with Crippen LogP contribution in [0.2, 0.25) is 0 Å². The molecule has 0 atom stereocenters. The highest BCUT2D eigenvalue weighted by atomic mass is 32.2. The predicted octanol–water partition coefficient (Wildman–Crippen LogP) is 2.62. The third-order valence-corrected chi connectivity index (χ3v) is 5.70. The Hall–Kier alpha value is -0.550. The SMILES string of the molecule is CSc1ccc(CN2CCN(CCN3CCCC3)CC2)cc1. The van der Waals surface area contributed by atoms with E-state index in [1.54, 1.807) is 0 Å². The third kappa shape index (κ3) is 4.72. The smallest absolute Gasteiger partial charge is 0.0234 e. The molecule has 1 aromatic rings. The van der Waals surface area contributed by atoms with Crippen LogP contribution in [-0.4, -0.2) is 73.3 Å². The normalized spacial score (nSPS) is 21.5. The highest BCUT2D eigenvalue weighted by Crippen LogP contribution is 2.16. The molecule has 22 heavy (non-hydrogen) atoms. The number of likely N-dealkylation sites (tertiary alicyclic amines) is 1. The maximum absolute atomic E-state index is 2.64. The number of hydrogen-bond acceptors (Lipinski definition) is 4. The van der Waals surface area contributed by atoms with Crippen LogP contribution in [-0.2, 0) is 6.54 Å². The van der Waals surface area contributed by atoms with Gasteiger partial charge in [0.15, 0.2) is 0 Å². The molecule has 0 spiro atoms. The van der Waals surface area contributed by atoms with E-state index in [1.165, 1.54) is 75.7 Å². The second-order valence-corrected chi connectivity index (χ2v) is 7.39. The summed E-state index contributed by atoms with van der Waals surface area (Å²) in [4.78, 5) is 9.22. The van der Waals surface area contributed by atoms with Gasteiger partial charge in [-0.1, -0.05) is 12.1 Å². The van der Waals surface area contributed by atoms with E-state index in [0.29, 0.717) is 0 Å². The number of benzene rings is 1. The van der Waals surface area contributed by atoms with Gasteiger partial charge in [-0.2, -0.15) is 0 Å². The summed E-state index contributed by atoms with van der Waals surface area (Å²) in [6.45, 7) is 11.2. The molecule has 4 heteroatoms. The van der Waals surface area contributed by atoms with Gasteiger partial charge in [-0.25, -0.2) is 0 Å². The van der Waals surface area contributed by atoms with Crippen LogP contribution >= 0.6 is 11.8 Å². The molecule has 0 amide bonds. The van der Waals surface area contributed by atoms with E-state index in [-0.39, 0.29) is 0 Å². The van der Waals surface area contributed by atoms with Gasteiger partial charge in [-0.05, 0) is 49.9 Å². The molecule has 2 saturated heterocycles. The average molecular weight is 320 g/mol. The summed E-state index contributed by atoms with van der Waals surface area (Å²) in [7, 11) is 0. The molecule has 0 N–H and O–H groups in total. The van der Waals surface area contributed by atoms with E-state index in [1.807, 2.05) is 11.8 Å². The third-order valence-electron chi connectivity index (χ3n) is 4.96. The second kappa shape index (κ2) is 8.34. The van der Waals surface area contributed by atoms with Crippen molar-refractivity contribution in [2.45, 2.75) is 24.3 Å². The van der Waals surface area contributed by atoms with E-state index in [0.717, 1.165) is 6.54 Å². The Bertz CT molecular complexity index is 434. The number of piperazine rings is 1. The first-order chi connectivity index (χ1) is 10.8. The van der Waals surface area contributed by atoms with Crippen molar-refractivity contribution >= 4 is 11.8 Å². The lowest BCUT2D eigenvalue weighted by Gasteiger charge is -2.35. The molecular formula is C18H29N3S. The Kier molecular flexibility index (Phi) is 6.19. The minimum absolute atomic E-state index is 1.11. The van der Waals surface area contributed by atoms with Gasteiger partial charge in [-0.3, -0.25) is 9.80 Å². The summed E-state index contributed by atoms with van der Waals surface area (Å²) in [6, 6.07) is 9.05. The Labute approximate surface area is 139 Å². The minimum Gasteiger partial charge on any atom is -0.302 e. The minimum atomic E-state index is 1.11. The molecule has 2 heterocycles. The van der Waals surface area contributed by atoms with Gasteiger partial charge in [0, 0.05) is 50.7 Å². The van der Waals surface area contributed by atoms with Crippen LogP contribution in [0.25, 0.3) is 0 Å². The lowest BCUT2D eigenvalue weighted by atomic mass is 10.2. The Morgan fingerprint density at radius 3 is 1.91 bits per heavy atom. The predicted molar refractivity (Wildman–Crippen MR) is 95.6 cm³/mol. The summed E-state index contributed by atoms with van der Waals surface area (Å²) in [5, 5.41) is 0. The summed E-state index contributed by atoms with van der Waals surface area (Å²) in [5.41, 5.74) is 1.45. The van der Waals surface area contributed by atoms with Crippen LogP contribution in [0, 0.1) is 0 Å². The molecule has 0 unspecified atom stereocenters. The summed E-state index contributed by atoms with van der Waals surface area (Å²) >= 11 is 1.82. The van der Waals surface area contributed by atoms with E-state index in [9.17, 15) is 0 Å². The lowest BCUT2D eigenvalue weighted by molar-refractivity contribution is 0.117. The summed E-state index contributed by atoms with van der Waals surface area (Å²) < 4.78 is 0. The number of rotatable bonds is 6. The molecule has 0 saturated carbocycles. The van der Waals surface area contributed by atoms with Gasteiger partial charge in [-0.15, -0.1) is 11.8 Å². The van der Waals surface area contributed by atoms with Crippen molar-refractivity contribution in [3.63, 3.8) is 0 Å². The zero-order valence-corrected chi connectivity index (χ0v) is 14.7. The highest BCUT2D eigenvalue weighted by molar-refractivity contribution is 7.98. The van der Waals surface area contributed by atoms with Crippen molar-refractivity contribution < 1.29 is 0 Å². The van der Waals surface area contributed by atoms with Gasteiger partial charge in [0.2, 0.25) is 0 Å². The Balaban J connectivity index is 1.37. The van der Waals surface area contributed by atoms with Crippen molar-refractivity contribution in [1.29, 1.82) is 0 Å². The van der Waals surface area contributed by atoms with Gasteiger partial charge in [0.05, 0.1) is 0 Å². The molecule has 122 valence electrons. The number of hydrogen-bond donors (Lipinski definition) is 0. The van der Waals surface area contributed by atoms with Crippen LogP contribution in [0.4, 0.5) is 0 Å². The zero-order chi connectivity index (χ0) is 15.2. The van der Waals surface area contributed by atoms with Crippen LogP contribution in [0.15, 0.2) is 29.2 Å². The van der Waals surface area contributed by atoms with Crippen LogP contribution < -0.4 is 0 Å². The fraction of sp³-hybridized carbons (Fsp3) is 0.667. The molecule has 2 aliphatic heterocycles. The van der Waals surface area contributed by atoms with Crippen molar-refractivity contribution in [3.05, 3.63) is 29.8 Å². The van der Waals surface area contributed by atoms with Crippen LogP contribution in [0.3, 0.4) is 0 Å². The molecule has 0 aliphatic carbocycles. The molecule has 0 aromatic heterocycles. The summed E-state index contributed by atoms with van der Waals surface area (Å²) in [6.07, 6.45) is 4.95. The van der Waals surface area contributed by atoms with Gasteiger partial charge in [0.25, 0.3) is 0 Å². The molecule has 3 nitrogen and oxygen atoms in total. The van der Waals surface area contributed by atoms with Gasteiger partial charge < -0.3 is 4.90 Å². The first kappa shape index (κ1) is 16.3. The van der Waals surface area contributed by atoms with E-state index < -0.39 is 0 Å². The number of nitrogens with zero attached hydrogens (tertiary/aromatic N) is 3. The van der Waals surface area contributed by atoms with E-state index >= 15 is 0 Å². The van der Waals surface area contributed by atoms with Crippen molar-refractivity contribution in [3.8, 4) is 0 Å². The standard InChI is InChI=1S/C18H29N3S/c1-22-18-6-4-17(5-7-18)16-21-14-12-20(13-15-21)11-10-19-8-2-3-9-19/h4-7H,2-3,8-16H2,1H3. The topological polar surface area (TPSA) is 9.72 Å². The first-order valence-electron chi connectivity index (χ1n) is 8.63. The van der Waals surface area contributed by atoms with Crippen molar-refractivity contribution in [2.24, 2.45) is 0 Å². The monoisotopic (exact) mass is 319 g/mol. The van der Waals surface area contributed by atoms with Crippen molar-refractivity contribution in [2.75, 3.05) is 58.6 Å². The lowest BCUT2D eigenvalue weighted by Crippen LogP contribution is -2.47. The first-order valence-corrected chi connectivity index (χ1v) is 9.86. The molecule has 1 aromatic carbocycles. The zero-order valence-electron chi connectivity index (χ0n) is 13.8. The second-order valence-electron chi connectivity index (χ2n) is 6.51. The van der Waals surface area contributed by atoms with Gasteiger partial charge in [0.1, 0.15) is 0 Å². The average Bonchev–Trinajstić information content (AvgIpc) is 3.08. The Morgan fingerprint density at radius 2 is 1.32 bits per heavy atom. The van der Waals surface area contributed by atoms with Crippen molar-refractivity contribution in [1.82, 2.24) is 14.7 Å². The molecule has 3 rings (SSSR count). The quantitative estimate of drug-likeness (QED) is 0.745. The maximum Gasteiger partial charge on any atom is 0.0234 e.